The Morgan fingerprint density at radius 2 is 1.90 bits per heavy atom. The number of carbonyl (C=O) groups is 2. The van der Waals surface area contributed by atoms with E-state index in [0.717, 1.165) is 32.2 Å². The number of amides is 2. The topological polar surface area (TPSA) is 70.7 Å². The summed E-state index contributed by atoms with van der Waals surface area (Å²) in [6, 6.07) is 0.234. The summed E-state index contributed by atoms with van der Waals surface area (Å²) in [5, 5.41) is 6.28. The first-order chi connectivity index (χ1) is 9.74. The average Bonchev–Trinajstić information content (AvgIpc) is 3.33. The van der Waals surface area contributed by atoms with Crippen LogP contribution in [0.1, 0.15) is 25.7 Å². The largest absolute Gasteiger partial charge is 0.366 e. The average molecular weight is 281 g/mol. The molecule has 20 heavy (non-hydrogen) atoms. The van der Waals surface area contributed by atoms with Crippen LogP contribution in [0, 0.1) is 5.92 Å². The Bertz CT molecular complexity index is 370. The van der Waals surface area contributed by atoms with Crippen molar-refractivity contribution in [3.05, 3.63) is 0 Å². The third-order valence-electron chi connectivity index (χ3n) is 4.30. The van der Waals surface area contributed by atoms with E-state index < -0.39 is 0 Å². The summed E-state index contributed by atoms with van der Waals surface area (Å²) < 4.78 is 5.50. The van der Waals surface area contributed by atoms with Gasteiger partial charge in [-0.05, 0) is 25.7 Å². The number of nitrogens with zero attached hydrogens (tertiary/aromatic N) is 1. The normalized spacial score (nSPS) is 28.2. The zero-order valence-corrected chi connectivity index (χ0v) is 11.8. The van der Waals surface area contributed by atoms with Gasteiger partial charge in [-0.25, -0.2) is 0 Å². The Kier molecular flexibility index (Phi) is 4.21. The highest BCUT2D eigenvalue weighted by atomic mass is 16.5. The molecule has 2 amide bonds. The van der Waals surface area contributed by atoms with Gasteiger partial charge in [0.15, 0.2) is 0 Å². The molecule has 112 valence electrons. The van der Waals surface area contributed by atoms with E-state index in [4.69, 9.17) is 4.74 Å². The quantitative estimate of drug-likeness (QED) is 0.731. The second-order valence-electron chi connectivity index (χ2n) is 5.95. The molecule has 2 aliphatic heterocycles. The van der Waals surface area contributed by atoms with Crippen LogP contribution in [0.25, 0.3) is 0 Å². The summed E-state index contributed by atoms with van der Waals surface area (Å²) >= 11 is 0. The van der Waals surface area contributed by atoms with Gasteiger partial charge < -0.3 is 20.3 Å². The van der Waals surface area contributed by atoms with E-state index in [2.05, 4.69) is 10.6 Å². The van der Waals surface area contributed by atoms with Gasteiger partial charge in [-0.2, -0.15) is 0 Å². The number of carbonyl (C=O) groups excluding carboxylic acids is 2. The van der Waals surface area contributed by atoms with Gasteiger partial charge in [0.25, 0.3) is 5.91 Å². The molecule has 3 fully saturated rings. The van der Waals surface area contributed by atoms with Crippen LogP contribution in [-0.4, -0.2) is 61.6 Å². The monoisotopic (exact) mass is 281 g/mol. The maximum absolute atomic E-state index is 12.3. The van der Waals surface area contributed by atoms with Crippen molar-refractivity contribution >= 4 is 11.8 Å². The third-order valence-corrected chi connectivity index (χ3v) is 4.30. The summed E-state index contributed by atoms with van der Waals surface area (Å²) in [5.41, 5.74) is 0. The Balaban J connectivity index is 1.42. The van der Waals surface area contributed by atoms with Gasteiger partial charge in [-0.1, -0.05) is 0 Å². The van der Waals surface area contributed by atoms with Crippen molar-refractivity contribution < 1.29 is 14.3 Å². The van der Waals surface area contributed by atoms with Gasteiger partial charge in [-0.15, -0.1) is 0 Å². The number of ether oxygens (including phenoxy) is 1. The van der Waals surface area contributed by atoms with Crippen LogP contribution < -0.4 is 10.6 Å². The Labute approximate surface area is 119 Å². The Morgan fingerprint density at radius 3 is 2.50 bits per heavy atom. The fraction of sp³-hybridized carbons (Fsp3) is 0.857. The molecule has 1 saturated carbocycles. The lowest BCUT2D eigenvalue weighted by Gasteiger charge is -2.35. The number of rotatable bonds is 3. The van der Waals surface area contributed by atoms with Crippen molar-refractivity contribution in [2.45, 2.75) is 37.8 Å². The molecular formula is C14H23N3O3. The van der Waals surface area contributed by atoms with E-state index in [1.165, 1.54) is 0 Å². The minimum Gasteiger partial charge on any atom is -0.366 e. The number of hydrogen-bond acceptors (Lipinski definition) is 4. The van der Waals surface area contributed by atoms with Crippen molar-refractivity contribution in [1.82, 2.24) is 15.5 Å². The molecule has 6 heteroatoms. The molecule has 0 radical (unpaired) electrons. The Hall–Kier alpha value is -1.14. The van der Waals surface area contributed by atoms with Gasteiger partial charge >= 0.3 is 0 Å². The van der Waals surface area contributed by atoms with Crippen LogP contribution in [0.3, 0.4) is 0 Å². The van der Waals surface area contributed by atoms with Gasteiger partial charge in [0.05, 0.1) is 6.61 Å². The summed E-state index contributed by atoms with van der Waals surface area (Å²) in [6.07, 6.45) is 3.44. The zero-order valence-electron chi connectivity index (χ0n) is 11.8. The molecule has 0 aromatic rings. The van der Waals surface area contributed by atoms with E-state index in [1.54, 1.807) is 0 Å². The maximum Gasteiger partial charge on any atom is 0.253 e. The minimum atomic E-state index is -0.332. The molecule has 3 rings (SSSR count). The van der Waals surface area contributed by atoms with Gasteiger partial charge in [-0.3, -0.25) is 9.59 Å². The second-order valence-corrected chi connectivity index (χ2v) is 5.95. The molecule has 6 nitrogen and oxygen atoms in total. The molecule has 0 aromatic heterocycles. The molecule has 0 spiro atoms. The zero-order chi connectivity index (χ0) is 13.9. The van der Waals surface area contributed by atoms with E-state index >= 15 is 0 Å². The van der Waals surface area contributed by atoms with E-state index in [9.17, 15) is 9.59 Å². The molecular weight excluding hydrogens is 258 g/mol. The highest BCUT2D eigenvalue weighted by molar-refractivity contribution is 5.82. The maximum atomic E-state index is 12.3. The highest BCUT2D eigenvalue weighted by Crippen LogP contribution is 2.29. The van der Waals surface area contributed by atoms with Crippen molar-refractivity contribution in [2.75, 3.05) is 32.8 Å². The van der Waals surface area contributed by atoms with Crippen LogP contribution in [0.15, 0.2) is 0 Å². The lowest BCUT2D eigenvalue weighted by molar-refractivity contribution is -0.146. The van der Waals surface area contributed by atoms with Crippen LogP contribution in [0.2, 0.25) is 0 Å². The smallest absolute Gasteiger partial charge is 0.253 e. The first-order valence-electron chi connectivity index (χ1n) is 7.65. The fourth-order valence-corrected chi connectivity index (χ4v) is 2.84. The summed E-state index contributed by atoms with van der Waals surface area (Å²) in [7, 11) is 0. The Morgan fingerprint density at radius 1 is 1.15 bits per heavy atom. The van der Waals surface area contributed by atoms with Crippen molar-refractivity contribution in [1.29, 1.82) is 0 Å². The molecule has 2 saturated heterocycles. The number of hydrogen-bond donors (Lipinski definition) is 2. The molecule has 3 aliphatic rings. The first-order valence-corrected chi connectivity index (χ1v) is 7.65. The summed E-state index contributed by atoms with van der Waals surface area (Å²) in [6.45, 7) is 3.46. The van der Waals surface area contributed by atoms with Crippen LogP contribution in [0.4, 0.5) is 0 Å². The number of morpholine rings is 1. The number of likely N-dealkylation sites (tertiary alicyclic amines) is 1. The molecule has 1 unspecified atom stereocenters. The highest BCUT2D eigenvalue weighted by Gasteiger charge is 2.33. The SMILES string of the molecule is O=C(NC1CCN(C(=O)C2CNCCO2)CC1)C1CC1. The molecule has 0 aromatic carbocycles. The van der Waals surface area contributed by atoms with Crippen LogP contribution in [0.5, 0.6) is 0 Å². The fourth-order valence-electron chi connectivity index (χ4n) is 2.84. The molecule has 1 atom stereocenters. The van der Waals surface area contributed by atoms with Crippen LogP contribution >= 0.6 is 0 Å². The van der Waals surface area contributed by atoms with E-state index in [1.807, 2.05) is 4.90 Å². The third kappa shape index (κ3) is 3.30. The minimum absolute atomic E-state index is 0.0872. The van der Waals surface area contributed by atoms with Crippen molar-refractivity contribution in [2.24, 2.45) is 5.92 Å². The first kappa shape index (κ1) is 13.8. The molecule has 1 aliphatic carbocycles. The standard InChI is InChI=1S/C14H23N3O3/c18-13(10-1-2-10)16-11-3-6-17(7-4-11)14(19)12-9-15-5-8-20-12/h10-12,15H,1-9H2,(H,16,18). The van der Waals surface area contributed by atoms with Crippen molar-refractivity contribution in [3.63, 3.8) is 0 Å². The summed E-state index contributed by atoms with van der Waals surface area (Å²) in [4.78, 5) is 25.9. The van der Waals surface area contributed by atoms with Gasteiger partial charge in [0, 0.05) is 38.1 Å². The summed E-state index contributed by atoms with van der Waals surface area (Å²) in [5.74, 6) is 0.551. The molecule has 2 N–H and O–H groups in total. The lowest BCUT2D eigenvalue weighted by atomic mass is 10.0. The predicted molar refractivity (Wildman–Crippen MR) is 73.1 cm³/mol. The van der Waals surface area contributed by atoms with Crippen molar-refractivity contribution in [3.8, 4) is 0 Å². The predicted octanol–water partition coefficient (Wildman–Crippen LogP) is -0.508. The van der Waals surface area contributed by atoms with Crippen LogP contribution in [-0.2, 0) is 14.3 Å². The molecule has 0 bridgehead atoms. The number of piperidine rings is 1. The van der Waals surface area contributed by atoms with Gasteiger partial charge in [0.1, 0.15) is 6.10 Å². The second kappa shape index (κ2) is 6.10. The molecule has 2 heterocycles. The van der Waals surface area contributed by atoms with Gasteiger partial charge in [0.2, 0.25) is 5.91 Å². The van der Waals surface area contributed by atoms with E-state index in [-0.39, 0.29) is 29.9 Å². The number of nitrogens with one attached hydrogen (secondary N) is 2. The lowest BCUT2D eigenvalue weighted by Crippen LogP contribution is -2.53. The van der Waals surface area contributed by atoms with E-state index in [0.29, 0.717) is 26.2 Å².